The minimum absolute atomic E-state index is 0.266. The molecule has 0 saturated carbocycles. The molecule has 0 radical (unpaired) electrons. The van der Waals surface area contributed by atoms with E-state index in [1.807, 2.05) is 0 Å². The summed E-state index contributed by atoms with van der Waals surface area (Å²) in [4.78, 5) is 16.8. The molecule has 0 aromatic heterocycles. The number of nitrogens with zero attached hydrogens (tertiary/aromatic N) is 2. The lowest BCUT2D eigenvalue weighted by molar-refractivity contribution is -0.138. The van der Waals surface area contributed by atoms with Crippen LogP contribution in [0.15, 0.2) is 0 Å². The fourth-order valence-corrected chi connectivity index (χ4v) is 2.97. The second-order valence-corrected chi connectivity index (χ2v) is 5.61. The minimum atomic E-state index is 0.266. The molecular weight excluding hydrogens is 214 g/mol. The summed E-state index contributed by atoms with van der Waals surface area (Å²) in [6, 6.07) is 0. The van der Waals surface area contributed by atoms with Crippen LogP contribution in [0, 0.1) is 11.8 Å². The van der Waals surface area contributed by atoms with Crippen molar-refractivity contribution in [2.45, 2.75) is 25.7 Å². The van der Waals surface area contributed by atoms with Gasteiger partial charge in [0.15, 0.2) is 0 Å². The third-order valence-electron chi connectivity index (χ3n) is 4.23. The van der Waals surface area contributed by atoms with Crippen LogP contribution in [0.2, 0.25) is 0 Å². The van der Waals surface area contributed by atoms with Gasteiger partial charge in [0, 0.05) is 19.0 Å². The molecule has 2 rings (SSSR count). The number of nitrogens with two attached hydrogens (primary N) is 1. The minimum Gasteiger partial charge on any atom is -0.342 e. The summed E-state index contributed by atoms with van der Waals surface area (Å²) >= 11 is 0. The Hall–Kier alpha value is -0.610. The van der Waals surface area contributed by atoms with Gasteiger partial charge < -0.3 is 15.5 Å². The Kier molecular flexibility index (Phi) is 4.40. The van der Waals surface area contributed by atoms with E-state index < -0.39 is 0 Å². The zero-order chi connectivity index (χ0) is 12.3. The van der Waals surface area contributed by atoms with E-state index in [1.54, 1.807) is 0 Å². The van der Waals surface area contributed by atoms with Gasteiger partial charge in [-0.3, -0.25) is 4.79 Å². The summed E-state index contributed by atoms with van der Waals surface area (Å²) in [5.74, 6) is 1.18. The monoisotopic (exact) mass is 239 g/mol. The molecule has 0 unspecified atom stereocenters. The summed E-state index contributed by atoms with van der Waals surface area (Å²) in [5.41, 5.74) is 5.72. The van der Waals surface area contributed by atoms with Crippen molar-refractivity contribution in [3.05, 3.63) is 0 Å². The van der Waals surface area contributed by atoms with Crippen LogP contribution in [0.4, 0.5) is 0 Å². The molecule has 1 amide bonds. The highest BCUT2D eigenvalue weighted by Crippen LogP contribution is 2.22. The normalized spacial score (nSPS) is 28.4. The Morgan fingerprint density at radius 3 is 2.59 bits per heavy atom. The second-order valence-electron chi connectivity index (χ2n) is 5.61. The van der Waals surface area contributed by atoms with Crippen LogP contribution < -0.4 is 5.73 Å². The Bertz CT molecular complexity index is 261. The number of carbonyl (C=O) groups is 1. The van der Waals surface area contributed by atoms with Gasteiger partial charge in [-0.15, -0.1) is 0 Å². The van der Waals surface area contributed by atoms with Crippen molar-refractivity contribution in [3.63, 3.8) is 0 Å². The van der Waals surface area contributed by atoms with E-state index in [0.717, 1.165) is 52.0 Å². The molecule has 2 fully saturated rings. The van der Waals surface area contributed by atoms with Gasteiger partial charge in [-0.2, -0.15) is 0 Å². The predicted molar refractivity (Wildman–Crippen MR) is 68.6 cm³/mol. The van der Waals surface area contributed by atoms with Crippen molar-refractivity contribution < 1.29 is 4.79 Å². The quantitative estimate of drug-likeness (QED) is 0.764. The predicted octanol–water partition coefficient (Wildman–Crippen LogP) is 0.526. The largest absolute Gasteiger partial charge is 0.342 e. The lowest BCUT2D eigenvalue weighted by atomic mass is 9.92. The van der Waals surface area contributed by atoms with Gasteiger partial charge >= 0.3 is 0 Å². The Morgan fingerprint density at radius 2 is 1.94 bits per heavy atom. The average Bonchev–Trinajstić information content (AvgIpc) is 2.39. The average molecular weight is 239 g/mol. The zero-order valence-electron chi connectivity index (χ0n) is 10.9. The van der Waals surface area contributed by atoms with Gasteiger partial charge in [0.1, 0.15) is 0 Å². The smallest absolute Gasteiger partial charge is 0.225 e. The molecule has 2 N–H and O–H groups in total. The van der Waals surface area contributed by atoms with Crippen molar-refractivity contribution in [1.29, 1.82) is 0 Å². The fraction of sp³-hybridized carbons (Fsp3) is 0.923. The highest BCUT2D eigenvalue weighted by atomic mass is 16.2. The summed E-state index contributed by atoms with van der Waals surface area (Å²) < 4.78 is 0. The van der Waals surface area contributed by atoms with E-state index in [9.17, 15) is 4.79 Å². The molecule has 1 atom stereocenters. The van der Waals surface area contributed by atoms with Crippen molar-refractivity contribution in [1.82, 2.24) is 9.80 Å². The molecule has 2 heterocycles. The number of likely N-dealkylation sites (tertiary alicyclic amines) is 2. The second kappa shape index (κ2) is 5.83. The summed E-state index contributed by atoms with van der Waals surface area (Å²) in [6.45, 7) is 4.68. The maximum atomic E-state index is 12.4. The van der Waals surface area contributed by atoms with Crippen molar-refractivity contribution in [2.75, 3.05) is 39.8 Å². The first kappa shape index (κ1) is 12.8. The van der Waals surface area contributed by atoms with Crippen LogP contribution in [0.5, 0.6) is 0 Å². The maximum Gasteiger partial charge on any atom is 0.225 e. The molecule has 0 aromatic rings. The van der Waals surface area contributed by atoms with Gasteiger partial charge in [0.2, 0.25) is 5.91 Å². The lowest BCUT2D eigenvalue weighted by Crippen LogP contribution is -2.46. The molecule has 0 aliphatic carbocycles. The fourth-order valence-electron chi connectivity index (χ4n) is 2.97. The van der Waals surface area contributed by atoms with Gasteiger partial charge in [-0.1, -0.05) is 0 Å². The summed E-state index contributed by atoms with van der Waals surface area (Å²) in [7, 11) is 2.13. The SMILES string of the molecule is CN1CCC(C(=O)N2CCC[C@H](CN)C2)CC1. The Labute approximate surface area is 104 Å². The van der Waals surface area contributed by atoms with Gasteiger partial charge in [0.05, 0.1) is 0 Å². The number of hydrogen-bond donors (Lipinski definition) is 1. The van der Waals surface area contributed by atoms with E-state index in [1.165, 1.54) is 6.42 Å². The third-order valence-corrected chi connectivity index (χ3v) is 4.23. The van der Waals surface area contributed by atoms with E-state index in [-0.39, 0.29) is 5.92 Å². The zero-order valence-corrected chi connectivity index (χ0v) is 10.9. The lowest BCUT2D eigenvalue weighted by Gasteiger charge is -2.36. The number of carbonyl (C=O) groups excluding carboxylic acids is 1. The number of rotatable bonds is 2. The van der Waals surface area contributed by atoms with Crippen LogP contribution in [0.3, 0.4) is 0 Å². The van der Waals surface area contributed by atoms with Crippen LogP contribution in [-0.4, -0.2) is 55.5 Å². The van der Waals surface area contributed by atoms with Crippen LogP contribution in [-0.2, 0) is 4.79 Å². The highest BCUT2D eigenvalue weighted by Gasteiger charge is 2.30. The molecule has 17 heavy (non-hydrogen) atoms. The molecule has 4 heteroatoms. The Morgan fingerprint density at radius 1 is 1.24 bits per heavy atom. The van der Waals surface area contributed by atoms with E-state index in [0.29, 0.717) is 11.8 Å². The molecule has 4 nitrogen and oxygen atoms in total. The standard InChI is InChI=1S/C13H25N3O/c1-15-7-4-12(5-8-15)13(17)16-6-2-3-11(9-14)10-16/h11-12H,2-10,14H2,1H3/t11-/m1/s1. The third kappa shape index (κ3) is 3.19. The number of hydrogen-bond acceptors (Lipinski definition) is 3. The molecule has 0 bridgehead atoms. The molecule has 2 aliphatic heterocycles. The number of piperidine rings is 2. The summed E-state index contributed by atoms with van der Waals surface area (Å²) in [6.07, 6.45) is 4.37. The van der Waals surface area contributed by atoms with Crippen LogP contribution >= 0.6 is 0 Å². The molecule has 0 spiro atoms. The first-order valence-corrected chi connectivity index (χ1v) is 6.88. The molecule has 2 saturated heterocycles. The van der Waals surface area contributed by atoms with E-state index in [2.05, 4.69) is 16.8 Å². The first-order chi connectivity index (χ1) is 8.20. The molecular formula is C13H25N3O. The van der Waals surface area contributed by atoms with E-state index in [4.69, 9.17) is 5.73 Å². The van der Waals surface area contributed by atoms with Crippen LogP contribution in [0.1, 0.15) is 25.7 Å². The van der Waals surface area contributed by atoms with E-state index >= 15 is 0 Å². The van der Waals surface area contributed by atoms with Gasteiger partial charge in [-0.05, 0) is 58.3 Å². The number of amides is 1. The molecule has 2 aliphatic rings. The molecule has 0 aromatic carbocycles. The topological polar surface area (TPSA) is 49.6 Å². The van der Waals surface area contributed by atoms with Crippen LogP contribution in [0.25, 0.3) is 0 Å². The molecule has 98 valence electrons. The van der Waals surface area contributed by atoms with Crippen molar-refractivity contribution in [2.24, 2.45) is 17.6 Å². The van der Waals surface area contributed by atoms with Gasteiger partial charge in [0.25, 0.3) is 0 Å². The van der Waals surface area contributed by atoms with Crippen molar-refractivity contribution in [3.8, 4) is 0 Å². The maximum absolute atomic E-state index is 12.4. The van der Waals surface area contributed by atoms with Crippen molar-refractivity contribution >= 4 is 5.91 Å². The summed E-state index contributed by atoms with van der Waals surface area (Å²) in [5, 5.41) is 0. The van der Waals surface area contributed by atoms with Gasteiger partial charge in [-0.25, -0.2) is 0 Å². The highest BCUT2D eigenvalue weighted by molar-refractivity contribution is 5.79. The Balaban J connectivity index is 1.86. The first-order valence-electron chi connectivity index (χ1n) is 6.88.